The normalized spacial score (nSPS) is 11.9. The predicted octanol–water partition coefficient (Wildman–Crippen LogP) is 5.05. The van der Waals surface area contributed by atoms with Gasteiger partial charge in [0.2, 0.25) is 0 Å². The van der Waals surface area contributed by atoms with E-state index >= 15 is 0 Å². The Morgan fingerprint density at radius 2 is 1.62 bits per heavy atom. The number of hydrogen-bond acceptors (Lipinski definition) is 3. The van der Waals surface area contributed by atoms with Crippen molar-refractivity contribution in [1.82, 2.24) is 5.32 Å². The Morgan fingerprint density at radius 3 is 2.31 bits per heavy atom. The zero-order valence-corrected chi connectivity index (χ0v) is 16.2. The third kappa shape index (κ3) is 5.57. The molecule has 0 radical (unpaired) electrons. The van der Waals surface area contributed by atoms with Gasteiger partial charge in [0.1, 0.15) is 24.0 Å². The fourth-order valence-corrected chi connectivity index (χ4v) is 2.87. The Kier molecular flexibility index (Phi) is 6.80. The topological polar surface area (TPSA) is 62.1 Å². The largest absolute Gasteiger partial charge is 0.488 e. The van der Waals surface area contributed by atoms with Crippen LogP contribution < -0.4 is 10.1 Å². The van der Waals surface area contributed by atoms with E-state index in [0.29, 0.717) is 17.9 Å². The van der Waals surface area contributed by atoms with Crippen LogP contribution in [0.2, 0.25) is 0 Å². The highest BCUT2D eigenvalue weighted by Gasteiger charge is 2.14. The first-order chi connectivity index (χ1) is 14.2. The van der Waals surface area contributed by atoms with Gasteiger partial charge in [-0.25, -0.2) is 0 Å². The van der Waals surface area contributed by atoms with E-state index in [-0.39, 0.29) is 11.6 Å². The molecule has 0 spiro atoms. The quantitative estimate of drug-likeness (QED) is 0.459. The van der Waals surface area contributed by atoms with Crippen molar-refractivity contribution in [2.24, 2.45) is 0 Å². The molecule has 4 heteroatoms. The second-order valence-corrected chi connectivity index (χ2v) is 6.59. The zero-order valence-electron chi connectivity index (χ0n) is 16.2. The van der Waals surface area contributed by atoms with Gasteiger partial charge in [-0.2, -0.15) is 5.26 Å². The number of nitriles is 1. The molecule has 4 nitrogen and oxygen atoms in total. The Balaban J connectivity index is 1.75. The summed E-state index contributed by atoms with van der Waals surface area (Å²) in [5, 5.41) is 12.4. The molecule has 0 heterocycles. The summed E-state index contributed by atoms with van der Waals surface area (Å²) in [7, 11) is 0. The number of nitrogens with one attached hydrogen (secondary N) is 1. The van der Waals surface area contributed by atoms with Crippen LogP contribution in [-0.2, 0) is 11.4 Å². The van der Waals surface area contributed by atoms with Crippen molar-refractivity contribution < 1.29 is 9.53 Å². The maximum atomic E-state index is 12.6. The molecule has 29 heavy (non-hydrogen) atoms. The van der Waals surface area contributed by atoms with Gasteiger partial charge < -0.3 is 10.1 Å². The van der Waals surface area contributed by atoms with E-state index in [1.165, 1.54) is 0 Å². The number of hydrogen-bond donors (Lipinski definition) is 1. The lowest BCUT2D eigenvalue weighted by molar-refractivity contribution is -0.117. The lowest BCUT2D eigenvalue weighted by Crippen LogP contribution is -2.27. The smallest absolute Gasteiger partial charge is 0.262 e. The molecule has 144 valence electrons. The number of ether oxygens (including phenoxy) is 1. The van der Waals surface area contributed by atoms with Crippen LogP contribution in [0.3, 0.4) is 0 Å². The number of carbonyl (C=O) groups excluding carboxylic acids is 1. The lowest BCUT2D eigenvalue weighted by atomic mass is 10.1. The van der Waals surface area contributed by atoms with Crippen molar-refractivity contribution in [3.63, 3.8) is 0 Å². The monoisotopic (exact) mass is 382 g/mol. The first-order valence-electron chi connectivity index (χ1n) is 9.40. The Bertz CT molecular complexity index is 1020. The van der Waals surface area contributed by atoms with Crippen LogP contribution in [0.15, 0.2) is 90.5 Å². The number of nitrogens with zero attached hydrogens (tertiary/aromatic N) is 1. The van der Waals surface area contributed by atoms with E-state index in [1.807, 2.05) is 97.9 Å². The molecule has 0 aliphatic carbocycles. The minimum absolute atomic E-state index is 0.0311. The van der Waals surface area contributed by atoms with E-state index in [0.717, 1.165) is 11.1 Å². The first-order valence-corrected chi connectivity index (χ1v) is 9.40. The van der Waals surface area contributed by atoms with Gasteiger partial charge in [0.15, 0.2) is 0 Å². The number of rotatable bonds is 7. The molecule has 1 N–H and O–H groups in total. The first kappa shape index (κ1) is 19.9. The van der Waals surface area contributed by atoms with E-state index in [2.05, 4.69) is 5.32 Å². The SMILES string of the molecule is C[C@H](NC(=O)/C(C#N)=C/c1ccccc1OCc1ccccc1)c1ccccc1. The molecule has 0 bridgehead atoms. The van der Waals surface area contributed by atoms with Gasteiger partial charge in [-0.3, -0.25) is 4.79 Å². The highest BCUT2D eigenvalue weighted by atomic mass is 16.5. The molecule has 3 rings (SSSR count). The predicted molar refractivity (Wildman–Crippen MR) is 114 cm³/mol. The molecular weight excluding hydrogens is 360 g/mol. The molecule has 0 saturated carbocycles. The molecule has 0 aliphatic heterocycles. The third-order valence-electron chi connectivity index (χ3n) is 4.47. The van der Waals surface area contributed by atoms with Crippen molar-refractivity contribution >= 4 is 12.0 Å². The van der Waals surface area contributed by atoms with Crippen LogP contribution in [0.4, 0.5) is 0 Å². The highest BCUT2D eigenvalue weighted by Crippen LogP contribution is 2.22. The van der Waals surface area contributed by atoms with Crippen LogP contribution in [0.5, 0.6) is 5.75 Å². The standard InChI is InChI=1S/C25H22N2O2/c1-19(21-12-6-3-7-13-21)27-25(28)23(17-26)16-22-14-8-9-15-24(22)29-18-20-10-4-2-5-11-20/h2-16,19H,18H2,1H3,(H,27,28)/b23-16+/t19-/m0/s1. The van der Waals surface area contributed by atoms with Crippen LogP contribution in [0.25, 0.3) is 6.08 Å². The summed E-state index contributed by atoms with van der Waals surface area (Å²) in [5.74, 6) is 0.203. The van der Waals surface area contributed by atoms with Gasteiger partial charge in [-0.1, -0.05) is 78.9 Å². The maximum Gasteiger partial charge on any atom is 0.262 e. The minimum Gasteiger partial charge on any atom is -0.488 e. The summed E-state index contributed by atoms with van der Waals surface area (Å²) < 4.78 is 5.91. The Labute approximate surface area is 171 Å². The number of benzene rings is 3. The van der Waals surface area contributed by atoms with Crippen LogP contribution in [0, 0.1) is 11.3 Å². The van der Waals surface area contributed by atoms with Crippen molar-refractivity contribution in [2.75, 3.05) is 0 Å². The molecule has 0 unspecified atom stereocenters. The molecule has 0 fully saturated rings. The van der Waals surface area contributed by atoms with E-state index in [9.17, 15) is 10.1 Å². The van der Waals surface area contributed by atoms with E-state index < -0.39 is 5.91 Å². The molecule has 1 amide bonds. The minimum atomic E-state index is -0.415. The lowest BCUT2D eigenvalue weighted by Gasteiger charge is -2.14. The van der Waals surface area contributed by atoms with Crippen LogP contribution >= 0.6 is 0 Å². The number of para-hydroxylation sites is 1. The Morgan fingerprint density at radius 1 is 1.00 bits per heavy atom. The average Bonchev–Trinajstić information content (AvgIpc) is 2.77. The third-order valence-corrected chi connectivity index (χ3v) is 4.47. The van der Waals surface area contributed by atoms with Gasteiger partial charge >= 0.3 is 0 Å². The second-order valence-electron chi connectivity index (χ2n) is 6.59. The summed E-state index contributed by atoms with van der Waals surface area (Å²) in [6, 6.07) is 28.6. The average molecular weight is 382 g/mol. The summed E-state index contributed by atoms with van der Waals surface area (Å²) in [4.78, 5) is 12.6. The van der Waals surface area contributed by atoms with Gasteiger partial charge in [-0.05, 0) is 30.2 Å². The van der Waals surface area contributed by atoms with E-state index in [1.54, 1.807) is 6.08 Å². The summed E-state index contributed by atoms with van der Waals surface area (Å²) >= 11 is 0. The fraction of sp³-hybridized carbons (Fsp3) is 0.120. The maximum absolute atomic E-state index is 12.6. The molecule has 1 atom stereocenters. The second kappa shape index (κ2) is 9.91. The molecule has 0 aliphatic rings. The molecule has 3 aromatic carbocycles. The fourth-order valence-electron chi connectivity index (χ4n) is 2.87. The summed E-state index contributed by atoms with van der Waals surface area (Å²) in [5.41, 5.74) is 2.73. The molecule has 0 saturated heterocycles. The molecular formula is C25H22N2O2. The van der Waals surface area contributed by atoms with Crippen LogP contribution in [-0.4, -0.2) is 5.91 Å². The zero-order chi connectivity index (χ0) is 20.5. The number of carbonyl (C=O) groups is 1. The van der Waals surface area contributed by atoms with Gasteiger partial charge in [0.05, 0.1) is 6.04 Å². The Hall–Kier alpha value is -3.84. The number of amides is 1. The van der Waals surface area contributed by atoms with Crippen molar-refractivity contribution in [3.8, 4) is 11.8 Å². The van der Waals surface area contributed by atoms with Gasteiger partial charge in [-0.15, -0.1) is 0 Å². The van der Waals surface area contributed by atoms with Crippen molar-refractivity contribution in [1.29, 1.82) is 5.26 Å². The highest BCUT2D eigenvalue weighted by molar-refractivity contribution is 6.02. The summed E-state index contributed by atoms with van der Waals surface area (Å²) in [6.45, 7) is 2.30. The van der Waals surface area contributed by atoms with Crippen molar-refractivity contribution in [2.45, 2.75) is 19.6 Å². The van der Waals surface area contributed by atoms with Crippen LogP contribution in [0.1, 0.15) is 29.7 Å². The van der Waals surface area contributed by atoms with E-state index in [4.69, 9.17) is 4.74 Å². The van der Waals surface area contributed by atoms with Crippen molar-refractivity contribution in [3.05, 3.63) is 107 Å². The molecule has 3 aromatic rings. The van der Waals surface area contributed by atoms with Gasteiger partial charge in [0.25, 0.3) is 5.91 Å². The molecule has 0 aromatic heterocycles. The summed E-state index contributed by atoms with van der Waals surface area (Å²) in [6.07, 6.45) is 1.56. The van der Waals surface area contributed by atoms with Gasteiger partial charge in [0, 0.05) is 5.56 Å².